The lowest BCUT2D eigenvalue weighted by molar-refractivity contribution is 0.101. The van der Waals surface area contributed by atoms with Crippen LogP contribution in [0, 0.1) is 0 Å². The number of hydrogen-bond acceptors (Lipinski definition) is 5. The average molecular weight is 417 g/mol. The number of carbonyl (C=O) groups excluding carboxylic acids is 1. The Morgan fingerprint density at radius 2 is 1.86 bits per heavy atom. The Balaban J connectivity index is 1.86. The summed E-state index contributed by atoms with van der Waals surface area (Å²) in [6.07, 6.45) is 3.06. The van der Waals surface area contributed by atoms with E-state index in [-0.39, 0.29) is 10.6 Å². The van der Waals surface area contributed by atoms with E-state index in [0.717, 1.165) is 5.56 Å². The average Bonchev–Trinajstić information content (AvgIpc) is 3.29. The molecular formula is C19H24N6O3S. The molecular weight excluding hydrogens is 392 g/mol. The summed E-state index contributed by atoms with van der Waals surface area (Å²) in [5, 5.41) is 10.7. The van der Waals surface area contributed by atoms with Gasteiger partial charge < -0.3 is 14.5 Å². The van der Waals surface area contributed by atoms with Crippen molar-refractivity contribution in [3.05, 3.63) is 48.5 Å². The van der Waals surface area contributed by atoms with Crippen molar-refractivity contribution in [1.82, 2.24) is 23.6 Å². The topological polar surface area (TPSA) is 102 Å². The molecule has 0 unspecified atom stereocenters. The van der Waals surface area contributed by atoms with Crippen LogP contribution in [0.4, 0.5) is 5.69 Å². The molecule has 3 aromatic rings. The third kappa shape index (κ3) is 4.08. The van der Waals surface area contributed by atoms with Crippen molar-refractivity contribution in [2.45, 2.75) is 18.7 Å². The number of amides is 1. The maximum Gasteiger partial charge on any atom is 0.272 e. The van der Waals surface area contributed by atoms with Crippen molar-refractivity contribution < 1.29 is 13.2 Å². The molecule has 10 heteroatoms. The smallest absolute Gasteiger partial charge is 0.272 e. The van der Waals surface area contributed by atoms with Crippen LogP contribution in [0.15, 0.2) is 47.8 Å². The van der Waals surface area contributed by atoms with Gasteiger partial charge in [0, 0.05) is 44.6 Å². The molecule has 0 aliphatic rings. The maximum atomic E-state index is 12.8. The fourth-order valence-electron chi connectivity index (χ4n) is 3.09. The Labute approximate surface area is 170 Å². The summed E-state index contributed by atoms with van der Waals surface area (Å²) in [5.74, 6) is 0.274. The number of aryl methyl sites for hydroxylation is 2. The summed E-state index contributed by atoms with van der Waals surface area (Å²) in [4.78, 5) is 12.9. The molecule has 0 fully saturated rings. The van der Waals surface area contributed by atoms with Gasteiger partial charge in [0.05, 0.1) is 0 Å². The Hall–Kier alpha value is -2.98. The second kappa shape index (κ2) is 8.18. The van der Waals surface area contributed by atoms with Crippen LogP contribution in [0.3, 0.4) is 0 Å². The lowest BCUT2D eigenvalue weighted by Crippen LogP contribution is -2.30. The molecule has 0 spiro atoms. The highest BCUT2D eigenvalue weighted by Crippen LogP contribution is 2.22. The molecule has 2 heterocycles. The molecule has 3 rings (SSSR count). The molecule has 0 aliphatic carbocycles. The van der Waals surface area contributed by atoms with Gasteiger partial charge in [-0.3, -0.25) is 4.79 Å². The number of aromatic nitrogens is 4. The summed E-state index contributed by atoms with van der Waals surface area (Å²) in [7, 11) is -0.155. The highest BCUT2D eigenvalue weighted by atomic mass is 32.2. The molecule has 9 nitrogen and oxygen atoms in total. The predicted molar refractivity (Wildman–Crippen MR) is 110 cm³/mol. The SMILES string of the molecule is CCN(CC)S(=O)(=O)c1cc(C(=O)Nc2cccc(-c3nncn3C)c2)n(C)c1. The lowest BCUT2D eigenvalue weighted by Gasteiger charge is -2.17. The van der Waals surface area contributed by atoms with Crippen molar-refractivity contribution in [2.75, 3.05) is 18.4 Å². The van der Waals surface area contributed by atoms with E-state index in [0.29, 0.717) is 24.6 Å². The van der Waals surface area contributed by atoms with Gasteiger partial charge in [-0.1, -0.05) is 26.0 Å². The van der Waals surface area contributed by atoms with Gasteiger partial charge in [0.2, 0.25) is 10.0 Å². The molecule has 1 aromatic carbocycles. The predicted octanol–water partition coefficient (Wildman–Crippen LogP) is 2.10. The van der Waals surface area contributed by atoms with Gasteiger partial charge >= 0.3 is 0 Å². The van der Waals surface area contributed by atoms with E-state index in [2.05, 4.69) is 15.5 Å². The highest BCUT2D eigenvalue weighted by Gasteiger charge is 2.25. The number of nitrogens with zero attached hydrogens (tertiary/aromatic N) is 5. The summed E-state index contributed by atoms with van der Waals surface area (Å²) in [6.45, 7) is 4.29. The van der Waals surface area contributed by atoms with Gasteiger partial charge in [0.1, 0.15) is 16.9 Å². The first-order valence-electron chi connectivity index (χ1n) is 9.20. The van der Waals surface area contributed by atoms with Crippen molar-refractivity contribution >= 4 is 21.6 Å². The van der Waals surface area contributed by atoms with E-state index >= 15 is 0 Å². The Kier molecular flexibility index (Phi) is 5.85. The fourth-order valence-corrected chi connectivity index (χ4v) is 4.62. The van der Waals surface area contributed by atoms with Crippen LogP contribution < -0.4 is 5.32 Å². The zero-order valence-electron chi connectivity index (χ0n) is 16.8. The number of nitrogens with one attached hydrogen (secondary N) is 1. The fraction of sp³-hybridized carbons (Fsp3) is 0.316. The quantitative estimate of drug-likeness (QED) is 0.635. The Bertz CT molecular complexity index is 1130. The minimum Gasteiger partial charge on any atom is -0.345 e. The number of benzene rings is 1. The van der Waals surface area contributed by atoms with Gasteiger partial charge in [0.15, 0.2) is 5.82 Å². The molecule has 0 bridgehead atoms. The Morgan fingerprint density at radius 3 is 2.48 bits per heavy atom. The minimum atomic E-state index is -3.64. The molecule has 0 radical (unpaired) electrons. The molecule has 1 amide bonds. The minimum absolute atomic E-state index is 0.0988. The van der Waals surface area contributed by atoms with E-state index in [4.69, 9.17) is 0 Å². The molecule has 2 aromatic heterocycles. The van der Waals surface area contributed by atoms with Gasteiger partial charge in [-0.2, -0.15) is 4.31 Å². The van der Waals surface area contributed by atoms with Gasteiger partial charge in [-0.15, -0.1) is 10.2 Å². The molecule has 1 N–H and O–H groups in total. The monoisotopic (exact) mass is 416 g/mol. The molecule has 0 atom stereocenters. The Morgan fingerprint density at radius 1 is 1.14 bits per heavy atom. The number of anilines is 1. The van der Waals surface area contributed by atoms with E-state index in [1.807, 2.05) is 13.1 Å². The van der Waals surface area contributed by atoms with Gasteiger partial charge in [0.25, 0.3) is 5.91 Å². The summed E-state index contributed by atoms with van der Waals surface area (Å²) in [6, 6.07) is 8.63. The van der Waals surface area contributed by atoms with Crippen LogP contribution in [-0.4, -0.2) is 51.1 Å². The van der Waals surface area contributed by atoms with Crippen LogP contribution in [0.25, 0.3) is 11.4 Å². The van der Waals surface area contributed by atoms with Gasteiger partial charge in [-0.05, 0) is 18.2 Å². The van der Waals surface area contributed by atoms with Crippen molar-refractivity contribution in [2.24, 2.45) is 14.1 Å². The number of rotatable bonds is 7. The van der Waals surface area contributed by atoms with Crippen molar-refractivity contribution in [3.8, 4) is 11.4 Å². The zero-order chi connectivity index (χ0) is 21.2. The number of hydrogen-bond donors (Lipinski definition) is 1. The van der Waals surface area contributed by atoms with Crippen LogP contribution in [-0.2, 0) is 24.1 Å². The zero-order valence-corrected chi connectivity index (χ0v) is 17.6. The number of sulfonamides is 1. The first-order chi connectivity index (χ1) is 13.8. The van der Waals surface area contributed by atoms with Crippen molar-refractivity contribution in [3.63, 3.8) is 0 Å². The third-order valence-electron chi connectivity index (χ3n) is 4.65. The molecule has 154 valence electrons. The van der Waals surface area contributed by atoms with E-state index in [9.17, 15) is 13.2 Å². The molecule has 0 saturated heterocycles. The third-order valence-corrected chi connectivity index (χ3v) is 6.66. The van der Waals surface area contributed by atoms with E-state index in [1.165, 1.54) is 21.1 Å². The summed E-state index contributed by atoms with van der Waals surface area (Å²) >= 11 is 0. The summed E-state index contributed by atoms with van der Waals surface area (Å²) in [5.41, 5.74) is 1.63. The van der Waals surface area contributed by atoms with E-state index in [1.54, 1.807) is 50.0 Å². The molecule has 0 saturated carbocycles. The van der Waals surface area contributed by atoms with Crippen LogP contribution >= 0.6 is 0 Å². The van der Waals surface area contributed by atoms with Crippen LogP contribution in [0.5, 0.6) is 0 Å². The summed E-state index contributed by atoms with van der Waals surface area (Å²) < 4.78 is 30.1. The van der Waals surface area contributed by atoms with Crippen LogP contribution in [0.1, 0.15) is 24.3 Å². The van der Waals surface area contributed by atoms with Crippen molar-refractivity contribution in [1.29, 1.82) is 0 Å². The molecule has 0 aliphatic heterocycles. The normalized spacial score (nSPS) is 11.8. The standard InChI is InChI=1S/C19H24N6O3S/c1-5-25(6-2)29(27,28)16-11-17(23(3)12-16)19(26)21-15-9-7-8-14(10-15)18-22-20-13-24(18)4/h7-13H,5-6H2,1-4H3,(H,21,26). The highest BCUT2D eigenvalue weighted by molar-refractivity contribution is 7.89. The first-order valence-corrected chi connectivity index (χ1v) is 10.6. The second-order valence-corrected chi connectivity index (χ2v) is 8.50. The number of carbonyl (C=O) groups is 1. The first kappa shape index (κ1) is 20.7. The lowest BCUT2D eigenvalue weighted by atomic mass is 10.2. The van der Waals surface area contributed by atoms with E-state index < -0.39 is 15.9 Å². The molecule has 29 heavy (non-hydrogen) atoms. The maximum absolute atomic E-state index is 12.8. The second-order valence-electron chi connectivity index (χ2n) is 6.56. The van der Waals surface area contributed by atoms with Gasteiger partial charge in [-0.25, -0.2) is 8.42 Å². The largest absolute Gasteiger partial charge is 0.345 e. The van der Waals surface area contributed by atoms with Crippen LogP contribution in [0.2, 0.25) is 0 Å².